The third-order valence-electron chi connectivity index (χ3n) is 3.75. The van der Waals surface area contributed by atoms with E-state index in [2.05, 4.69) is 9.97 Å². The van der Waals surface area contributed by atoms with E-state index in [1.54, 1.807) is 18.2 Å². The van der Waals surface area contributed by atoms with Crippen molar-refractivity contribution in [3.63, 3.8) is 0 Å². The van der Waals surface area contributed by atoms with Crippen LogP contribution in [0.25, 0.3) is 10.9 Å². The van der Waals surface area contributed by atoms with E-state index in [1.165, 1.54) is 38.6 Å². The number of ether oxygens (including phenoxy) is 1. The molecule has 3 aromatic rings. The molecule has 0 saturated carbocycles. The van der Waals surface area contributed by atoms with Gasteiger partial charge in [-0.05, 0) is 24.3 Å². The number of methoxy groups -OCH3 is 1. The van der Waals surface area contributed by atoms with Gasteiger partial charge in [-0.3, -0.25) is 4.31 Å². The third-order valence-corrected chi connectivity index (χ3v) is 5.44. The van der Waals surface area contributed by atoms with Crippen LogP contribution in [0.4, 0.5) is 5.69 Å². The predicted octanol–water partition coefficient (Wildman–Crippen LogP) is 2.09. The van der Waals surface area contributed by atoms with Crippen LogP contribution in [0.3, 0.4) is 0 Å². The first-order chi connectivity index (χ1) is 11.8. The minimum Gasteiger partial charge on any atom is -0.497 e. The molecule has 9 heteroatoms. The summed E-state index contributed by atoms with van der Waals surface area (Å²) in [7, 11) is -1.10. The Labute approximate surface area is 143 Å². The molecule has 0 aliphatic carbocycles. The number of sulfonamides is 1. The van der Waals surface area contributed by atoms with Crippen LogP contribution in [0.1, 0.15) is 10.5 Å². The number of hydrogen-bond donors (Lipinski definition) is 2. The molecule has 8 nitrogen and oxygen atoms in total. The number of aromatic amines is 1. The molecule has 2 heterocycles. The second-order valence-corrected chi connectivity index (χ2v) is 7.16. The molecule has 0 atom stereocenters. The molecule has 0 aliphatic heterocycles. The number of anilines is 1. The van der Waals surface area contributed by atoms with Crippen molar-refractivity contribution in [1.29, 1.82) is 0 Å². The number of carbonyl (C=O) groups is 1. The Morgan fingerprint density at radius 2 is 2.04 bits per heavy atom. The van der Waals surface area contributed by atoms with Crippen LogP contribution in [0.2, 0.25) is 0 Å². The number of benzene rings is 1. The summed E-state index contributed by atoms with van der Waals surface area (Å²) in [6.45, 7) is 0. The molecule has 25 heavy (non-hydrogen) atoms. The van der Waals surface area contributed by atoms with Gasteiger partial charge in [-0.15, -0.1) is 0 Å². The second-order valence-electron chi connectivity index (χ2n) is 5.24. The highest BCUT2D eigenvalue weighted by Gasteiger charge is 2.25. The first kappa shape index (κ1) is 16.8. The van der Waals surface area contributed by atoms with E-state index >= 15 is 0 Å². The van der Waals surface area contributed by atoms with Crippen LogP contribution in [-0.4, -0.2) is 43.6 Å². The molecule has 3 rings (SSSR count). The summed E-state index contributed by atoms with van der Waals surface area (Å²) in [5, 5.41) is 9.59. The fourth-order valence-electron chi connectivity index (χ4n) is 2.45. The van der Waals surface area contributed by atoms with Gasteiger partial charge in [0.25, 0.3) is 10.0 Å². The van der Waals surface area contributed by atoms with E-state index in [9.17, 15) is 18.3 Å². The molecule has 0 bridgehead atoms. The van der Waals surface area contributed by atoms with Crippen LogP contribution in [0.5, 0.6) is 5.75 Å². The molecule has 0 unspecified atom stereocenters. The highest BCUT2D eigenvalue weighted by atomic mass is 32.2. The maximum Gasteiger partial charge on any atom is 0.352 e. The Morgan fingerprint density at radius 3 is 2.64 bits per heavy atom. The fraction of sp³-hybridized carbons (Fsp3) is 0.125. The number of nitrogens with one attached hydrogen (secondary N) is 1. The number of aromatic carboxylic acids is 1. The number of fused-ring (bicyclic) bond motifs is 1. The summed E-state index contributed by atoms with van der Waals surface area (Å²) < 4.78 is 31.9. The van der Waals surface area contributed by atoms with Crippen molar-refractivity contribution in [3.8, 4) is 5.75 Å². The van der Waals surface area contributed by atoms with Crippen molar-refractivity contribution in [2.75, 3.05) is 18.5 Å². The maximum absolute atomic E-state index is 12.8. The smallest absolute Gasteiger partial charge is 0.352 e. The molecule has 0 amide bonds. The number of carboxylic acid groups (broad SMARTS) is 1. The lowest BCUT2D eigenvalue weighted by Crippen LogP contribution is -2.27. The first-order valence-electron chi connectivity index (χ1n) is 7.18. The Kier molecular flexibility index (Phi) is 4.09. The second kappa shape index (κ2) is 6.10. The van der Waals surface area contributed by atoms with Crippen LogP contribution in [-0.2, 0) is 10.0 Å². The summed E-state index contributed by atoms with van der Waals surface area (Å²) in [4.78, 5) is 17.8. The Bertz CT molecular complexity index is 1040. The van der Waals surface area contributed by atoms with E-state index in [1.807, 2.05) is 0 Å². The molecule has 130 valence electrons. The van der Waals surface area contributed by atoms with Gasteiger partial charge in [-0.25, -0.2) is 9.78 Å². The predicted molar refractivity (Wildman–Crippen MR) is 91.6 cm³/mol. The van der Waals surface area contributed by atoms with E-state index in [0.717, 1.165) is 4.31 Å². The zero-order valence-corrected chi connectivity index (χ0v) is 14.2. The standard InChI is InChI=1S/C16H15N3O5S/c1-19(25(22,23)14-5-3-4-6-17-14)13-9-11(24-2)7-10-8-12(16(20)21)18-15(10)13/h3-9,18H,1-2H3,(H,20,21). The minimum absolute atomic E-state index is 0.0480. The summed E-state index contributed by atoms with van der Waals surface area (Å²) in [5.74, 6) is -0.738. The van der Waals surface area contributed by atoms with Crippen LogP contribution < -0.4 is 9.04 Å². The van der Waals surface area contributed by atoms with E-state index in [-0.39, 0.29) is 16.4 Å². The molecule has 0 spiro atoms. The Hall–Kier alpha value is -3.07. The number of carboxylic acids is 1. The minimum atomic E-state index is -3.92. The first-order valence-corrected chi connectivity index (χ1v) is 8.62. The quantitative estimate of drug-likeness (QED) is 0.719. The van der Waals surface area contributed by atoms with Gasteiger partial charge in [-0.2, -0.15) is 8.42 Å². The molecule has 0 saturated heterocycles. The van der Waals surface area contributed by atoms with Crippen LogP contribution in [0, 0.1) is 0 Å². The van der Waals surface area contributed by atoms with E-state index in [4.69, 9.17) is 4.74 Å². The highest BCUT2D eigenvalue weighted by Crippen LogP contribution is 2.34. The topological polar surface area (TPSA) is 113 Å². The molecule has 2 N–H and O–H groups in total. The molecule has 2 aromatic heterocycles. The average molecular weight is 361 g/mol. The van der Waals surface area contributed by atoms with Crippen molar-refractivity contribution in [1.82, 2.24) is 9.97 Å². The van der Waals surface area contributed by atoms with Gasteiger partial charge >= 0.3 is 5.97 Å². The number of nitrogens with zero attached hydrogens (tertiary/aromatic N) is 2. The molecule has 0 radical (unpaired) electrons. The number of rotatable bonds is 5. The SMILES string of the molecule is COc1cc(N(C)S(=O)(=O)c2ccccn2)c2[nH]c(C(=O)O)cc2c1. The number of H-pyrrole nitrogens is 1. The summed E-state index contributed by atoms with van der Waals surface area (Å²) in [6, 6.07) is 9.15. The van der Waals surface area contributed by atoms with Crippen LogP contribution in [0.15, 0.2) is 47.6 Å². The summed E-state index contributed by atoms with van der Waals surface area (Å²) in [5.41, 5.74) is 0.584. The van der Waals surface area contributed by atoms with Gasteiger partial charge < -0.3 is 14.8 Å². The van der Waals surface area contributed by atoms with Gasteiger partial charge in [0.15, 0.2) is 5.03 Å². The number of hydrogen-bond acceptors (Lipinski definition) is 5. The molecule has 0 aliphatic rings. The van der Waals surface area contributed by atoms with Gasteiger partial charge in [0.05, 0.1) is 18.3 Å². The monoisotopic (exact) mass is 361 g/mol. The van der Waals surface area contributed by atoms with Gasteiger partial charge in [0.2, 0.25) is 0 Å². The third kappa shape index (κ3) is 2.89. The Morgan fingerprint density at radius 1 is 1.28 bits per heavy atom. The zero-order valence-electron chi connectivity index (χ0n) is 13.4. The lowest BCUT2D eigenvalue weighted by Gasteiger charge is -2.20. The average Bonchev–Trinajstić information content (AvgIpc) is 3.05. The normalized spacial score (nSPS) is 11.4. The van der Waals surface area contributed by atoms with Crippen molar-refractivity contribution < 1.29 is 23.1 Å². The van der Waals surface area contributed by atoms with E-state index in [0.29, 0.717) is 16.7 Å². The number of pyridine rings is 1. The fourth-order valence-corrected chi connectivity index (χ4v) is 3.58. The lowest BCUT2D eigenvalue weighted by atomic mass is 10.2. The lowest BCUT2D eigenvalue weighted by molar-refractivity contribution is 0.0691. The van der Waals surface area contributed by atoms with E-state index < -0.39 is 16.0 Å². The molecule has 1 aromatic carbocycles. The zero-order chi connectivity index (χ0) is 18.2. The summed E-state index contributed by atoms with van der Waals surface area (Å²) in [6.07, 6.45) is 1.39. The van der Waals surface area contributed by atoms with Gasteiger partial charge in [0, 0.05) is 24.7 Å². The van der Waals surface area contributed by atoms with Crippen molar-refractivity contribution >= 4 is 32.6 Å². The van der Waals surface area contributed by atoms with Gasteiger partial charge in [0.1, 0.15) is 11.4 Å². The molecular formula is C16H15N3O5S. The molecular weight excluding hydrogens is 346 g/mol. The van der Waals surface area contributed by atoms with Crippen molar-refractivity contribution in [3.05, 3.63) is 48.3 Å². The largest absolute Gasteiger partial charge is 0.497 e. The summed E-state index contributed by atoms with van der Waals surface area (Å²) >= 11 is 0. The van der Waals surface area contributed by atoms with Crippen molar-refractivity contribution in [2.24, 2.45) is 0 Å². The Balaban J connectivity index is 2.21. The van der Waals surface area contributed by atoms with Crippen LogP contribution >= 0.6 is 0 Å². The van der Waals surface area contributed by atoms with Crippen molar-refractivity contribution in [2.45, 2.75) is 5.03 Å². The maximum atomic E-state index is 12.8. The number of aromatic nitrogens is 2. The molecule has 0 fully saturated rings. The highest BCUT2D eigenvalue weighted by molar-refractivity contribution is 7.92. The van der Waals surface area contributed by atoms with Gasteiger partial charge in [-0.1, -0.05) is 6.07 Å².